The second-order valence-corrected chi connectivity index (χ2v) is 9.67. The minimum Gasteiger partial charge on any atom is -0.376 e. The number of fused-ring (bicyclic) bond motifs is 2. The van der Waals surface area contributed by atoms with E-state index >= 15 is 0 Å². The Morgan fingerprint density at radius 2 is 1.89 bits per heavy atom. The number of hydrogen-bond acceptors (Lipinski definition) is 6. The van der Waals surface area contributed by atoms with Crippen LogP contribution in [0.1, 0.15) is 43.9 Å². The van der Waals surface area contributed by atoms with Crippen LogP contribution in [0.15, 0.2) is 66.7 Å². The molecule has 3 aromatic carbocycles. The van der Waals surface area contributed by atoms with Crippen LogP contribution in [0.3, 0.4) is 0 Å². The first kappa shape index (κ1) is 21.6. The van der Waals surface area contributed by atoms with Crippen LogP contribution >= 0.6 is 11.3 Å². The zero-order valence-corrected chi connectivity index (χ0v) is 19.5. The van der Waals surface area contributed by atoms with Crippen LogP contribution in [0.5, 0.6) is 0 Å². The minimum absolute atomic E-state index is 0.123. The van der Waals surface area contributed by atoms with Crippen LogP contribution in [0, 0.1) is 0 Å². The van der Waals surface area contributed by atoms with Crippen molar-refractivity contribution in [2.75, 3.05) is 18.5 Å². The third kappa shape index (κ3) is 4.00. The summed E-state index contributed by atoms with van der Waals surface area (Å²) < 4.78 is 6.68. The van der Waals surface area contributed by atoms with E-state index in [4.69, 9.17) is 4.74 Å². The first-order chi connectivity index (χ1) is 17.1. The quantitative estimate of drug-likeness (QED) is 0.404. The Hall–Kier alpha value is -3.88. The number of amides is 3. The molecule has 8 heteroatoms. The van der Waals surface area contributed by atoms with Crippen molar-refractivity contribution >= 4 is 45.0 Å². The van der Waals surface area contributed by atoms with E-state index in [0.717, 1.165) is 33.6 Å². The van der Waals surface area contributed by atoms with Crippen molar-refractivity contribution in [1.29, 1.82) is 0 Å². The summed E-state index contributed by atoms with van der Waals surface area (Å²) in [6.07, 6.45) is 1.64. The summed E-state index contributed by atoms with van der Waals surface area (Å²) in [5.74, 6) is -1.07. The molecule has 1 unspecified atom stereocenters. The van der Waals surface area contributed by atoms with Crippen LogP contribution in [0.25, 0.3) is 20.8 Å². The molecule has 2 aliphatic heterocycles. The standard InChI is InChI=1S/C27H21N3O4S/c31-24(28-18-6-3-5-17(13-18)25-29-22-8-1-2-9-23(22)35-25)16-10-11-20-21(14-16)27(33)30(26(20)32)15-19-7-4-12-34-19/h1-3,5-6,8-11,13-14,19H,4,7,12,15H2,(H,28,31). The lowest BCUT2D eigenvalue weighted by Crippen LogP contribution is -2.36. The third-order valence-corrected chi connectivity index (χ3v) is 7.39. The number of ether oxygens (including phenoxy) is 1. The highest BCUT2D eigenvalue weighted by atomic mass is 32.1. The first-order valence-electron chi connectivity index (χ1n) is 11.5. The highest BCUT2D eigenvalue weighted by Crippen LogP contribution is 2.31. The molecule has 35 heavy (non-hydrogen) atoms. The van der Waals surface area contributed by atoms with Gasteiger partial charge in [0.2, 0.25) is 0 Å². The summed E-state index contributed by atoms with van der Waals surface area (Å²) in [7, 11) is 0. The molecule has 174 valence electrons. The third-order valence-electron chi connectivity index (χ3n) is 6.30. The molecule has 6 rings (SSSR count). The predicted octanol–water partition coefficient (Wildman–Crippen LogP) is 4.99. The number of benzene rings is 3. The maximum atomic E-state index is 13.0. The second-order valence-electron chi connectivity index (χ2n) is 8.64. The molecular formula is C27H21N3O4S. The molecule has 0 bridgehead atoms. The maximum absolute atomic E-state index is 13.0. The van der Waals surface area contributed by atoms with E-state index in [1.807, 2.05) is 42.5 Å². The Kier molecular flexibility index (Phi) is 5.39. The van der Waals surface area contributed by atoms with Gasteiger partial charge >= 0.3 is 0 Å². The van der Waals surface area contributed by atoms with Gasteiger partial charge in [0, 0.05) is 23.4 Å². The van der Waals surface area contributed by atoms with Crippen molar-refractivity contribution < 1.29 is 19.1 Å². The molecule has 1 fully saturated rings. The largest absolute Gasteiger partial charge is 0.376 e. The lowest BCUT2D eigenvalue weighted by molar-refractivity contribution is 0.0475. The number of nitrogens with zero attached hydrogens (tertiary/aromatic N) is 2. The van der Waals surface area contributed by atoms with Crippen LogP contribution in [-0.4, -0.2) is 46.9 Å². The van der Waals surface area contributed by atoms with Gasteiger partial charge in [-0.2, -0.15) is 0 Å². The normalized spacial score (nSPS) is 17.3. The van der Waals surface area contributed by atoms with E-state index in [9.17, 15) is 14.4 Å². The van der Waals surface area contributed by atoms with Gasteiger partial charge in [0.05, 0.1) is 34.0 Å². The fourth-order valence-electron chi connectivity index (χ4n) is 4.52. The molecule has 3 heterocycles. The van der Waals surface area contributed by atoms with Crippen LogP contribution in [0.2, 0.25) is 0 Å². The van der Waals surface area contributed by atoms with E-state index in [2.05, 4.69) is 10.3 Å². The van der Waals surface area contributed by atoms with Gasteiger partial charge in [0.1, 0.15) is 5.01 Å². The van der Waals surface area contributed by atoms with Crippen molar-refractivity contribution in [1.82, 2.24) is 9.88 Å². The highest BCUT2D eigenvalue weighted by molar-refractivity contribution is 7.21. The lowest BCUT2D eigenvalue weighted by atomic mass is 10.1. The van der Waals surface area contributed by atoms with Gasteiger partial charge in [-0.25, -0.2) is 4.98 Å². The topological polar surface area (TPSA) is 88.6 Å². The fourth-order valence-corrected chi connectivity index (χ4v) is 5.48. The van der Waals surface area contributed by atoms with Crippen LogP contribution in [-0.2, 0) is 4.74 Å². The Balaban J connectivity index is 1.21. The number of carbonyl (C=O) groups is 3. The number of anilines is 1. The molecule has 1 saturated heterocycles. The Morgan fingerprint density at radius 1 is 1.03 bits per heavy atom. The van der Waals surface area contributed by atoms with E-state index in [1.54, 1.807) is 29.5 Å². The lowest BCUT2D eigenvalue weighted by Gasteiger charge is -2.17. The molecule has 1 aromatic heterocycles. The fraction of sp³-hybridized carbons (Fsp3) is 0.185. The van der Waals surface area contributed by atoms with Gasteiger partial charge in [-0.05, 0) is 55.3 Å². The van der Waals surface area contributed by atoms with Gasteiger partial charge in [0.25, 0.3) is 17.7 Å². The van der Waals surface area contributed by atoms with Crippen molar-refractivity contribution in [3.63, 3.8) is 0 Å². The smallest absolute Gasteiger partial charge is 0.261 e. The average molecular weight is 484 g/mol. The number of hydrogen-bond donors (Lipinski definition) is 1. The number of carbonyl (C=O) groups excluding carboxylic acids is 3. The molecule has 0 spiro atoms. The van der Waals surface area contributed by atoms with Gasteiger partial charge in [-0.15, -0.1) is 11.3 Å². The average Bonchev–Trinajstić information content (AvgIpc) is 3.60. The molecule has 3 amide bonds. The molecule has 1 N–H and O–H groups in total. The minimum atomic E-state index is -0.381. The molecule has 1 atom stereocenters. The van der Waals surface area contributed by atoms with E-state index in [-0.39, 0.29) is 35.9 Å². The van der Waals surface area contributed by atoms with E-state index < -0.39 is 0 Å². The maximum Gasteiger partial charge on any atom is 0.261 e. The van der Waals surface area contributed by atoms with Gasteiger partial charge in [-0.3, -0.25) is 19.3 Å². The number of thiazole rings is 1. The summed E-state index contributed by atoms with van der Waals surface area (Å²) in [6.45, 7) is 0.894. The van der Waals surface area contributed by atoms with Crippen molar-refractivity contribution in [2.24, 2.45) is 0 Å². The number of imide groups is 1. The van der Waals surface area contributed by atoms with Crippen LogP contribution < -0.4 is 5.32 Å². The summed E-state index contributed by atoms with van der Waals surface area (Å²) in [5, 5.41) is 3.77. The van der Waals surface area contributed by atoms with Crippen molar-refractivity contribution in [2.45, 2.75) is 18.9 Å². The van der Waals surface area contributed by atoms with Crippen LogP contribution in [0.4, 0.5) is 5.69 Å². The highest BCUT2D eigenvalue weighted by Gasteiger charge is 2.38. The van der Waals surface area contributed by atoms with Gasteiger partial charge in [0.15, 0.2) is 0 Å². The SMILES string of the molecule is O=C(Nc1cccc(-c2nc3ccccc3s2)c1)c1ccc2c(c1)C(=O)N(CC1CCCO1)C2=O. The Labute approximate surface area is 205 Å². The Morgan fingerprint density at radius 3 is 2.71 bits per heavy atom. The number of para-hydroxylation sites is 1. The summed E-state index contributed by atoms with van der Waals surface area (Å²) >= 11 is 1.59. The van der Waals surface area contributed by atoms with E-state index in [0.29, 0.717) is 23.4 Å². The number of aromatic nitrogens is 1. The van der Waals surface area contributed by atoms with Gasteiger partial charge < -0.3 is 10.1 Å². The van der Waals surface area contributed by atoms with Gasteiger partial charge in [-0.1, -0.05) is 24.3 Å². The molecule has 7 nitrogen and oxygen atoms in total. The molecular weight excluding hydrogens is 462 g/mol. The number of nitrogens with one attached hydrogen (secondary N) is 1. The monoisotopic (exact) mass is 483 g/mol. The van der Waals surface area contributed by atoms with Crippen molar-refractivity contribution in [3.05, 3.63) is 83.4 Å². The summed E-state index contributed by atoms with van der Waals surface area (Å²) in [5.41, 5.74) is 3.35. The molecule has 0 radical (unpaired) electrons. The summed E-state index contributed by atoms with van der Waals surface area (Å²) in [4.78, 5) is 44.6. The zero-order chi connectivity index (χ0) is 23.9. The Bertz CT molecular complexity index is 1460. The second kappa shape index (κ2) is 8.72. The molecule has 0 saturated carbocycles. The predicted molar refractivity (Wildman–Crippen MR) is 134 cm³/mol. The molecule has 4 aromatic rings. The van der Waals surface area contributed by atoms with Crippen molar-refractivity contribution in [3.8, 4) is 10.6 Å². The first-order valence-corrected chi connectivity index (χ1v) is 12.3. The summed E-state index contributed by atoms with van der Waals surface area (Å²) in [6, 6.07) is 20.1. The number of rotatable bonds is 5. The zero-order valence-electron chi connectivity index (χ0n) is 18.7. The molecule has 0 aliphatic carbocycles. The van der Waals surface area contributed by atoms with E-state index in [1.165, 1.54) is 11.0 Å². The molecule has 2 aliphatic rings.